The van der Waals surface area contributed by atoms with Crippen LogP contribution in [0.1, 0.15) is 17.2 Å². The van der Waals surface area contributed by atoms with Gasteiger partial charge in [0.1, 0.15) is 11.9 Å². The molecule has 0 aliphatic carbocycles. The Bertz CT molecular complexity index is 770. The molecule has 0 saturated carbocycles. The number of nitrogens with zero attached hydrogens (tertiary/aromatic N) is 1. The minimum atomic E-state index is -1.02. The molecular formula is C16H11ClFNO. The van der Waals surface area contributed by atoms with E-state index in [4.69, 9.17) is 11.6 Å². The molecule has 100 valence electrons. The van der Waals surface area contributed by atoms with E-state index in [1.54, 1.807) is 12.3 Å². The van der Waals surface area contributed by atoms with E-state index < -0.39 is 11.9 Å². The maximum absolute atomic E-state index is 13.4. The number of aliphatic hydroxyl groups excluding tert-OH is 1. The first kappa shape index (κ1) is 13.0. The van der Waals surface area contributed by atoms with Gasteiger partial charge in [-0.1, -0.05) is 35.9 Å². The van der Waals surface area contributed by atoms with Crippen molar-refractivity contribution >= 4 is 22.5 Å². The SMILES string of the molecule is OC(c1cc(F)ccc1Cl)c1cccc2cccnc12. The molecule has 2 aromatic carbocycles. The van der Waals surface area contributed by atoms with Crippen molar-refractivity contribution in [1.82, 2.24) is 4.98 Å². The number of rotatable bonds is 2. The quantitative estimate of drug-likeness (QED) is 0.769. The molecule has 2 nitrogen and oxygen atoms in total. The summed E-state index contributed by atoms with van der Waals surface area (Å²) in [7, 11) is 0. The first-order valence-corrected chi connectivity index (χ1v) is 6.51. The summed E-state index contributed by atoms with van der Waals surface area (Å²) in [6.07, 6.45) is 0.642. The fourth-order valence-corrected chi connectivity index (χ4v) is 2.46. The highest BCUT2D eigenvalue weighted by Crippen LogP contribution is 2.32. The Morgan fingerprint density at radius 3 is 2.70 bits per heavy atom. The summed E-state index contributed by atoms with van der Waals surface area (Å²) in [4.78, 5) is 4.28. The number of hydrogen-bond donors (Lipinski definition) is 1. The number of para-hydroxylation sites is 1. The molecule has 1 atom stereocenters. The average Bonchev–Trinajstić information content (AvgIpc) is 2.48. The van der Waals surface area contributed by atoms with Crippen molar-refractivity contribution in [2.45, 2.75) is 6.10 Å². The lowest BCUT2D eigenvalue weighted by atomic mass is 9.98. The second-order valence-corrected chi connectivity index (χ2v) is 4.90. The van der Waals surface area contributed by atoms with E-state index in [9.17, 15) is 9.50 Å². The largest absolute Gasteiger partial charge is 0.384 e. The Hall–Kier alpha value is -1.97. The molecule has 20 heavy (non-hydrogen) atoms. The Kier molecular flexibility index (Phi) is 3.38. The molecule has 0 fully saturated rings. The van der Waals surface area contributed by atoms with Gasteiger partial charge in [-0.2, -0.15) is 0 Å². The van der Waals surface area contributed by atoms with Crippen LogP contribution in [-0.4, -0.2) is 10.1 Å². The van der Waals surface area contributed by atoms with Crippen molar-refractivity contribution in [3.8, 4) is 0 Å². The van der Waals surface area contributed by atoms with E-state index in [1.165, 1.54) is 18.2 Å². The topological polar surface area (TPSA) is 33.1 Å². The van der Waals surface area contributed by atoms with Crippen LogP contribution in [0.2, 0.25) is 5.02 Å². The number of hydrogen-bond acceptors (Lipinski definition) is 2. The highest BCUT2D eigenvalue weighted by molar-refractivity contribution is 6.31. The molecule has 0 aliphatic rings. The highest BCUT2D eigenvalue weighted by Gasteiger charge is 2.17. The van der Waals surface area contributed by atoms with Crippen LogP contribution in [0, 0.1) is 5.82 Å². The molecule has 1 N–H and O–H groups in total. The van der Waals surface area contributed by atoms with Crippen LogP contribution in [0.3, 0.4) is 0 Å². The Balaban J connectivity index is 2.17. The molecule has 0 aliphatic heterocycles. The lowest BCUT2D eigenvalue weighted by Gasteiger charge is -2.15. The van der Waals surface area contributed by atoms with Crippen LogP contribution in [0.15, 0.2) is 54.7 Å². The summed E-state index contributed by atoms with van der Waals surface area (Å²) in [6.45, 7) is 0. The second-order valence-electron chi connectivity index (χ2n) is 4.49. The molecule has 0 bridgehead atoms. The lowest BCUT2D eigenvalue weighted by molar-refractivity contribution is 0.221. The van der Waals surface area contributed by atoms with Crippen molar-refractivity contribution in [3.63, 3.8) is 0 Å². The van der Waals surface area contributed by atoms with Gasteiger partial charge in [0.25, 0.3) is 0 Å². The van der Waals surface area contributed by atoms with E-state index in [0.29, 0.717) is 21.7 Å². The average molecular weight is 288 g/mol. The summed E-state index contributed by atoms with van der Waals surface area (Å²) in [5.41, 5.74) is 1.63. The molecule has 3 rings (SSSR count). The van der Waals surface area contributed by atoms with E-state index in [-0.39, 0.29) is 0 Å². The highest BCUT2D eigenvalue weighted by atomic mass is 35.5. The van der Waals surface area contributed by atoms with Crippen LogP contribution >= 0.6 is 11.6 Å². The second kappa shape index (κ2) is 5.19. The first-order chi connectivity index (χ1) is 9.66. The van der Waals surface area contributed by atoms with E-state index in [0.717, 1.165) is 5.39 Å². The first-order valence-electron chi connectivity index (χ1n) is 6.13. The van der Waals surface area contributed by atoms with E-state index in [1.807, 2.05) is 24.3 Å². The summed E-state index contributed by atoms with van der Waals surface area (Å²) in [5.74, 6) is -0.434. The van der Waals surface area contributed by atoms with Gasteiger partial charge in [0.15, 0.2) is 0 Å². The van der Waals surface area contributed by atoms with E-state index >= 15 is 0 Å². The summed E-state index contributed by atoms with van der Waals surface area (Å²) >= 11 is 6.05. The summed E-state index contributed by atoms with van der Waals surface area (Å²) < 4.78 is 13.4. The van der Waals surface area contributed by atoms with Gasteiger partial charge in [0, 0.05) is 27.7 Å². The van der Waals surface area contributed by atoms with Crippen LogP contribution in [-0.2, 0) is 0 Å². The molecule has 0 radical (unpaired) electrons. The van der Waals surface area contributed by atoms with Gasteiger partial charge < -0.3 is 5.11 Å². The van der Waals surface area contributed by atoms with Crippen molar-refractivity contribution in [1.29, 1.82) is 0 Å². The van der Waals surface area contributed by atoms with Gasteiger partial charge >= 0.3 is 0 Å². The molecule has 3 aromatic rings. The minimum Gasteiger partial charge on any atom is -0.384 e. The normalized spacial score (nSPS) is 12.6. The van der Waals surface area contributed by atoms with Crippen molar-refractivity contribution in [2.24, 2.45) is 0 Å². The zero-order chi connectivity index (χ0) is 14.1. The molecular weight excluding hydrogens is 277 g/mol. The van der Waals surface area contributed by atoms with E-state index in [2.05, 4.69) is 4.98 Å². The third-order valence-electron chi connectivity index (χ3n) is 3.21. The minimum absolute atomic E-state index is 0.326. The van der Waals surface area contributed by atoms with Crippen molar-refractivity contribution in [2.75, 3.05) is 0 Å². The monoisotopic (exact) mass is 287 g/mol. The van der Waals surface area contributed by atoms with Gasteiger partial charge in [0.2, 0.25) is 0 Å². The van der Waals surface area contributed by atoms with Crippen LogP contribution in [0.4, 0.5) is 4.39 Å². The maximum Gasteiger partial charge on any atom is 0.123 e. The van der Waals surface area contributed by atoms with Gasteiger partial charge in [-0.25, -0.2) is 4.39 Å². The molecule has 0 amide bonds. The molecule has 1 unspecified atom stereocenters. The smallest absolute Gasteiger partial charge is 0.123 e. The van der Waals surface area contributed by atoms with Gasteiger partial charge in [-0.3, -0.25) is 4.98 Å². The molecule has 4 heteroatoms. The Labute approximate surface area is 120 Å². The standard InChI is InChI=1S/C16H11ClFNO/c17-14-7-6-11(18)9-13(14)16(20)12-5-1-3-10-4-2-8-19-15(10)12/h1-9,16,20H. The fourth-order valence-electron chi connectivity index (χ4n) is 2.24. The van der Waals surface area contributed by atoms with Crippen LogP contribution in [0.25, 0.3) is 10.9 Å². The van der Waals surface area contributed by atoms with Crippen LogP contribution < -0.4 is 0 Å². The fraction of sp³-hybridized carbons (Fsp3) is 0.0625. The Morgan fingerprint density at radius 2 is 1.85 bits per heavy atom. The third kappa shape index (κ3) is 2.26. The zero-order valence-electron chi connectivity index (χ0n) is 10.4. The zero-order valence-corrected chi connectivity index (χ0v) is 11.2. The number of benzene rings is 2. The molecule has 0 spiro atoms. The van der Waals surface area contributed by atoms with Gasteiger partial charge in [-0.05, 0) is 24.3 Å². The third-order valence-corrected chi connectivity index (χ3v) is 3.56. The number of aromatic nitrogens is 1. The predicted octanol–water partition coefficient (Wildman–Crippen LogP) is 4.11. The lowest BCUT2D eigenvalue weighted by Crippen LogP contribution is -2.03. The summed E-state index contributed by atoms with van der Waals surface area (Å²) in [5, 5.41) is 11.7. The molecule has 1 heterocycles. The van der Waals surface area contributed by atoms with Crippen molar-refractivity contribution in [3.05, 3.63) is 76.7 Å². The number of fused-ring (bicyclic) bond motifs is 1. The Morgan fingerprint density at radius 1 is 1.05 bits per heavy atom. The number of pyridine rings is 1. The maximum atomic E-state index is 13.4. The number of aliphatic hydroxyl groups is 1. The molecule has 0 saturated heterocycles. The summed E-state index contributed by atoms with van der Waals surface area (Å²) in [6, 6.07) is 13.2. The van der Waals surface area contributed by atoms with Gasteiger partial charge in [-0.15, -0.1) is 0 Å². The molecule has 1 aromatic heterocycles. The van der Waals surface area contributed by atoms with Crippen molar-refractivity contribution < 1.29 is 9.50 Å². The van der Waals surface area contributed by atoms with Crippen LogP contribution in [0.5, 0.6) is 0 Å². The number of halogens is 2. The predicted molar refractivity (Wildman–Crippen MR) is 77.2 cm³/mol. The van der Waals surface area contributed by atoms with Gasteiger partial charge in [0.05, 0.1) is 5.52 Å².